The van der Waals surface area contributed by atoms with Gasteiger partial charge in [0.25, 0.3) is 5.91 Å². The Balaban J connectivity index is 1.52. The minimum Gasteiger partial charge on any atom is -0.420 e. The molecule has 4 aromatic rings. The maximum absolute atomic E-state index is 13.1. The van der Waals surface area contributed by atoms with Crippen molar-refractivity contribution in [3.05, 3.63) is 60.0 Å². The Hall–Kier alpha value is -3.50. The molecule has 2 aromatic heterocycles. The van der Waals surface area contributed by atoms with Crippen LogP contribution in [0.2, 0.25) is 0 Å². The van der Waals surface area contributed by atoms with Gasteiger partial charge in [0, 0.05) is 40.7 Å². The van der Waals surface area contributed by atoms with Gasteiger partial charge in [-0.2, -0.15) is 5.10 Å². The first kappa shape index (κ1) is 22.3. The van der Waals surface area contributed by atoms with Crippen LogP contribution in [0.15, 0.2) is 48.7 Å². The SMILES string of the molecule is CC1CCC(O)c2nc3cc(C(=O)Nc4ccc(OC(F)(F)Cl)cc4)cc(-c4ccn[nH]4)c3n21. The molecule has 11 heteroatoms. The number of fused-ring (bicyclic) bond motifs is 3. The van der Waals surface area contributed by atoms with Gasteiger partial charge < -0.3 is 19.7 Å². The van der Waals surface area contributed by atoms with Crippen molar-refractivity contribution < 1.29 is 23.4 Å². The molecule has 8 nitrogen and oxygen atoms in total. The minimum atomic E-state index is -3.82. The highest BCUT2D eigenvalue weighted by Crippen LogP contribution is 2.39. The molecule has 1 aliphatic rings. The first-order chi connectivity index (χ1) is 16.2. The molecule has 0 saturated carbocycles. The third-order valence-electron chi connectivity index (χ3n) is 5.81. The molecule has 0 aliphatic carbocycles. The lowest BCUT2D eigenvalue weighted by Gasteiger charge is -2.26. The molecule has 0 saturated heterocycles. The Morgan fingerprint density at radius 1 is 1.26 bits per heavy atom. The summed E-state index contributed by atoms with van der Waals surface area (Å²) in [5.74, 6) is 0.00884. The molecule has 176 valence electrons. The third-order valence-corrected chi connectivity index (χ3v) is 5.89. The number of carbonyl (C=O) groups is 1. The number of halogens is 3. The number of ether oxygens (including phenoxy) is 1. The second-order valence-corrected chi connectivity index (χ2v) is 8.61. The summed E-state index contributed by atoms with van der Waals surface area (Å²) in [4.78, 5) is 17.7. The van der Waals surface area contributed by atoms with Gasteiger partial charge in [0.1, 0.15) is 17.7 Å². The maximum Gasteiger partial charge on any atom is 0.487 e. The fourth-order valence-corrected chi connectivity index (χ4v) is 4.36. The summed E-state index contributed by atoms with van der Waals surface area (Å²) in [5.41, 5.74) is -0.281. The van der Waals surface area contributed by atoms with Gasteiger partial charge in [0.05, 0.1) is 16.7 Å². The number of anilines is 1. The number of aliphatic hydroxyl groups excluding tert-OH is 1. The van der Waals surface area contributed by atoms with E-state index >= 15 is 0 Å². The predicted molar refractivity (Wildman–Crippen MR) is 122 cm³/mol. The number of benzene rings is 2. The smallest absolute Gasteiger partial charge is 0.420 e. The summed E-state index contributed by atoms with van der Waals surface area (Å²) in [7, 11) is 0. The average Bonchev–Trinajstić information content (AvgIpc) is 3.45. The largest absolute Gasteiger partial charge is 0.487 e. The summed E-state index contributed by atoms with van der Waals surface area (Å²) in [5, 5.41) is 20.2. The van der Waals surface area contributed by atoms with Crippen molar-refractivity contribution >= 4 is 34.2 Å². The molecule has 34 heavy (non-hydrogen) atoms. The molecule has 1 aliphatic heterocycles. The quantitative estimate of drug-likeness (QED) is 0.334. The van der Waals surface area contributed by atoms with Crippen LogP contribution in [0.4, 0.5) is 14.5 Å². The van der Waals surface area contributed by atoms with Gasteiger partial charge in [-0.1, -0.05) is 0 Å². The zero-order valence-electron chi connectivity index (χ0n) is 17.9. The van der Waals surface area contributed by atoms with E-state index in [2.05, 4.69) is 32.2 Å². The minimum absolute atomic E-state index is 0.130. The van der Waals surface area contributed by atoms with E-state index in [-0.39, 0.29) is 11.8 Å². The van der Waals surface area contributed by atoms with E-state index in [0.29, 0.717) is 34.7 Å². The number of amides is 1. The number of aromatic amines is 1. The zero-order valence-corrected chi connectivity index (χ0v) is 18.7. The van der Waals surface area contributed by atoms with Gasteiger partial charge in [-0.05, 0) is 62.2 Å². The van der Waals surface area contributed by atoms with Crippen LogP contribution in [0, 0.1) is 0 Å². The predicted octanol–water partition coefficient (Wildman–Crippen LogP) is 5.23. The fourth-order valence-electron chi connectivity index (χ4n) is 4.27. The number of H-pyrrole nitrogens is 1. The van der Waals surface area contributed by atoms with Crippen LogP contribution in [-0.2, 0) is 0 Å². The number of nitrogens with zero attached hydrogens (tertiary/aromatic N) is 3. The van der Waals surface area contributed by atoms with Gasteiger partial charge in [-0.3, -0.25) is 9.89 Å². The summed E-state index contributed by atoms with van der Waals surface area (Å²) in [6.45, 7) is 2.07. The lowest BCUT2D eigenvalue weighted by atomic mass is 10.0. The Morgan fingerprint density at radius 3 is 2.71 bits per heavy atom. The second kappa shape index (κ2) is 8.37. The molecule has 0 bridgehead atoms. The Bertz CT molecular complexity index is 1350. The summed E-state index contributed by atoms with van der Waals surface area (Å²) in [6, 6.07) is 10.7. The van der Waals surface area contributed by atoms with E-state index in [1.54, 1.807) is 24.4 Å². The molecular weight excluding hydrogens is 468 g/mol. The number of alkyl halides is 3. The Morgan fingerprint density at radius 2 is 2.03 bits per heavy atom. The Kier molecular flexibility index (Phi) is 5.49. The van der Waals surface area contributed by atoms with Crippen LogP contribution in [-0.4, -0.2) is 36.3 Å². The van der Waals surface area contributed by atoms with E-state index in [9.17, 15) is 18.7 Å². The molecule has 0 spiro atoms. The van der Waals surface area contributed by atoms with E-state index in [0.717, 1.165) is 17.5 Å². The van der Waals surface area contributed by atoms with E-state index in [1.165, 1.54) is 24.3 Å². The lowest BCUT2D eigenvalue weighted by Crippen LogP contribution is -2.19. The second-order valence-electron chi connectivity index (χ2n) is 8.17. The normalized spacial score (nSPS) is 18.0. The fraction of sp³-hybridized carbons (Fsp3) is 0.261. The van der Waals surface area contributed by atoms with Crippen molar-refractivity contribution in [1.29, 1.82) is 0 Å². The number of rotatable bonds is 5. The third kappa shape index (κ3) is 4.22. The van der Waals surface area contributed by atoms with Crippen LogP contribution in [0.25, 0.3) is 22.3 Å². The standard InChI is InChI=1S/C23H20ClF2N5O3/c1-12-2-7-19(32)21-29-18-11-13(10-16(20(18)31(12)21)17-8-9-27-30-17)22(33)28-14-3-5-15(6-4-14)34-23(24,25)26/h3-6,8-12,19,32H,2,7H2,1H3,(H,27,30)(H,28,33). The molecule has 1 amide bonds. The summed E-state index contributed by atoms with van der Waals surface area (Å²) < 4.78 is 31.9. The zero-order chi connectivity index (χ0) is 24.0. The van der Waals surface area contributed by atoms with Crippen LogP contribution >= 0.6 is 11.6 Å². The molecule has 2 unspecified atom stereocenters. The Labute approximate surface area is 197 Å². The van der Waals surface area contributed by atoms with Crippen molar-refractivity contribution in [2.24, 2.45) is 0 Å². The molecule has 2 aromatic carbocycles. The van der Waals surface area contributed by atoms with Crippen molar-refractivity contribution in [3.63, 3.8) is 0 Å². The number of aliphatic hydroxyl groups is 1. The lowest BCUT2D eigenvalue weighted by molar-refractivity contribution is -0.0964. The first-order valence-electron chi connectivity index (χ1n) is 10.6. The monoisotopic (exact) mass is 487 g/mol. The van der Waals surface area contributed by atoms with Gasteiger partial charge in [0.2, 0.25) is 0 Å². The topological polar surface area (TPSA) is 105 Å². The molecule has 0 radical (unpaired) electrons. The highest BCUT2D eigenvalue weighted by molar-refractivity contribution is 6.20. The van der Waals surface area contributed by atoms with E-state index in [1.807, 2.05) is 4.57 Å². The van der Waals surface area contributed by atoms with Gasteiger partial charge in [-0.15, -0.1) is 8.78 Å². The molecule has 5 rings (SSSR count). The number of hydrogen-bond donors (Lipinski definition) is 3. The van der Waals surface area contributed by atoms with Crippen LogP contribution in [0.5, 0.6) is 5.75 Å². The van der Waals surface area contributed by atoms with Gasteiger partial charge >= 0.3 is 5.57 Å². The van der Waals surface area contributed by atoms with Crippen LogP contribution in [0.1, 0.15) is 48.1 Å². The number of carbonyl (C=O) groups excluding carboxylic acids is 1. The molecular formula is C23H20ClF2N5O3. The summed E-state index contributed by atoms with van der Waals surface area (Å²) in [6.07, 6.45) is 2.36. The van der Waals surface area contributed by atoms with Crippen molar-refractivity contribution in [3.8, 4) is 17.0 Å². The number of imidazole rings is 1. The van der Waals surface area contributed by atoms with E-state index < -0.39 is 17.6 Å². The van der Waals surface area contributed by atoms with E-state index in [4.69, 9.17) is 11.6 Å². The van der Waals surface area contributed by atoms with Crippen molar-refractivity contribution in [1.82, 2.24) is 19.7 Å². The van der Waals surface area contributed by atoms with Crippen LogP contribution in [0.3, 0.4) is 0 Å². The number of nitrogens with one attached hydrogen (secondary N) is 2. The maximum atomic E-state index is 13.1. The molecule has 3 heterocycles. The van der Waals surface area contributed by atoms with Crippen molar-refractivity contribution in [2.75, 3.05) is 5.32 Å². The molecule has 3 N–H and O–H groups in total. The highest BCUT2D eigenvalue weighted by Gasteiger charge is 2.30. The molecule has 0 fully saturated rings. The average molecular weight is 488 g/mol. The van der Waals surface area contributed by atoms with Crippen molar-refractivity contribution in [2.45, 2.75) is 37.5 Å². The van der Waals surface area contributed by atoms with Crippen LogP contribution < -0.4 is 10.1 Å². The number of aromatic nitrogens is 4. The highest BCUT2D eigenvalue weighted by atomic mass is 35.5. The first-order valence-corrected chi connectivity index (χ1v) is 11.0. The molecule has 2 atom stereocenters. The summed E-state index contributed by atoms with van der Waals surface area (Å²) >= 11 is 4.78. The van der Waals surface area contributed by atoms with Gasteiger partial charge in [-0.25, -0.2) is 4.98 Å². The number of hydrogen-bond acceptors (Lipinski definition) is 5. The van der Waals surface area contributed by atoms with Gasteiger partial charge in [0.15, 0.2) is 0 Å².